The molecule has 1 heterocycles. The number of hydrogen-bond donors (Lipinski definition) is 1. The Labute approximate surface area is 138 Å². The van der Waals surface area contributed by atoms with E-state index >= 15 is 0 Å². The van der Waals surface area contributed by atoms with Crippen LogP contribution in [0.4, 0.5) is 0 Å². The van der Waals surface area contributed by atoms with Crippen molar-refractivity contribution in [1.82, 2.24) is 25.0 Å². The van der Waals surface area contributed by atoms with Gasteiger partial charge in [-0.05, 0) is 25.7 Å². The fourth-order valence-corrected chi connectivity index (χ4v) is 2.05. The summed E-state index contributed by atoms with van der Waals surface area (Å²) in [4.78, 5) is 6.71. The molecule has 1 aliphatic carbocycles. The summed E-state index contributed by atoms with van der Waals surface area (Å²) < 4.78 is 7.65. The van der Waals surface area contributed by atoms with Crippen LogP contribution in [-0.4, -0.2) is 59.0 Å². The number of ether oxygens (including phenoxy) is 1. The Kier molecular flexibility index (Phi) is 6.58. The number of likely N-dealkylation sites (N-methyl/N-ethyl adjacent to an activating group) is 1. The van der Waals surface area contributed by atoms with Crippen LogP contribution in [0.5, 0.6) is 0 Å². The molecule has 128 valence electrons. The molecule has 1 aromatic rings. The molecule has 2 rings (SSSR count). The molecule has 1 aromatic heterocycles. The van der Waals surface area contributed by atoms with E-state index in [0.717, 1.165) is 36.7 Å². The molecule has 0 amide bonds. The molecule has 0 bridgehead atoms. The lowest BCUT2D eigenvalue weighted by Crippen LogP contribution is -2.40. The Bertz CT molecular complexity index is 535. The number of aliphatic imine (C=N–C) groups is 1. The van der Waals surface area contributed by atoms with Crippen LogP contribution >= 0.6 is 0 Å². The zero-order valence-corrected chi connectivity index (χ0v) is 14.5. The Morgan fingerprint density at radius 1 is 1.52 bits per heavy atom. The number of aromatic nitrogens is 3. The summed E-state index contributed by atoms with van der Waals surface area (Å²) in [6.45, 7) is 9.23. The molecular weight excluding hydrogens is 292 g/mol. The molecule has 0 aliphatic heterocycles. The zero-order chi connectivity index (χ0) is 16.7. The molecule has 1 N–H and O–H groups in total. The normalized spacial score (nSPS) is 14.8. The second kappa shape index (κ2) is 8.67. The van der Waals surface area contributed by atoms with Gasteiger partial charge >= 0.3 is 0 Å². The fraction of sp³-hybridized carbons (Fsp3) is 0.688. The lowest BCUT2D eigenvalue weighted by atomic mass is 10.5. The van der Waals surface area contributed by atoms with Crippen molar-refractivity contribution >= 4 is 5.96 Å². The Hall–Kier alpha value is -1.89. The van der Waals surface area contributed by atoms with Gasteiger partial charge in [0.05, 0.1) is 6.61 Å². The zero-order valence-electron chi connectivity index (χ0n) is 14.5. The summed E-state index contributed by atoms with van der Waals surface area (Å²) in [6.07, 6.45) is 4.46. The summed E-state index contributed by atoms with van der Waals surface area (Å²) in [7, 11) is 3.96. The molecule has 7 heteroatoms. The molecule has 1 saturated carbocycles. The van der Waals surface area contributed by atoms with E-state index in [9.17, 15) is 0 Å². The van der Waals surface area contributed by atoms with Gasteiger partial charge in [-0.15, -0.1) is 16.8 Å². The van der Waals surface area contributed by atoms with E-state index in [1.54, 1.807) is 0 Å². The maximum absolute atomic E-state index is 5.70. The highest BCUT2D eigenvalue weighted by Crippen LogP contribution is 2.28. The third kappa shape index (κ3) is 5.67. The van der Waals surface area contributed by atoms with Crippen LogP contribution in [0.3, 0.4) is 0 Å². The number of guanidine groups is 1. The summed E-state index contributed by atoms with van der Waals surface area (Å²) >= 11 is 0. The van der Waals surface area contributed by atoms with Crippen molar-refractivity contribution in [3.05, 3.63) is 24.3 Å². The SMILES string of the molecule is C=CCNC(=NCc1nnc(C)n1C)N(C)CCOCC1CC1. The van der Waals surface area contributed by atoms with E-state index in [2.05, 4.69) is 32.0 Å². The monoisotopic (exact) mass is 320 g/mol. The highest BCUT2D eigenvalue weighted by molar-refractivity contribution is 5.79. The topological polar surface area (TPSA) is 67.6 Å². The van der Waals surface area contributed by atoms with Gasteiger partial charge in [0.15, 0.2) is 11.8 Å². The van der Waals surface area contributed by atoms with Crippen molar-refractivity contribution < 1.29 is 4.74 Å². The molecule has 0 spiro atoms. The Morgan fingerprint density at radius 2 is 2.30 bits per heavy atom. The maximum Gasteiger partial charge on any atom is 0.194 e. The predicted octanol–water partition coefficient (Wildman–Crippen LogP) is 1.11. The van der Waals surface area contributed by atoms with Gasteiger partial charge in [0, 0.05) is 33.8 Å². The van der Waals surface area contributed by atoms with E-state index in [1.165, 1.54) is 12.8 Å². The van der Waals surface area contributed by atoms with Crippen molar-refractivity contribution in [2.75, 3.05) is 33.4 Å². The highest BCUT2D eigenvalue weighted by Gasteiger charge is 2.21. The molecule has 1 aliphatic rings. The second-order valence-corrected chi connectivity index (χ2v) is 5.97. The van der Waals surface area contributed by atoms with E-state index in [0.29, 0.717) is 19.7 Å². The van der Waals surface area contributed by atoms with Gasteiger partial charge in [-0.25, -0.2) is 4.99 Å². The third-order valence-corrected chi connectivity index (χ3v) is 3.94. The van der Waals surface area contributed by atoms with Crippen LogP contribution in [0, 0.1) is 12.8 Å². The molecular formula is C16H28N6O. The van der Waals surface area contributed by atoms with Gasteiger partial charge < -0.3 is 19.5 Å². The van der Waals surface area contributed by atoms with Crippen LogP contribution in [0.25, 0.3) is 0 Å². The minimum atomic E-state index is 0.490. The molecule has 23 heavy (non-hydrogen) atoms. The van der Waals surface area contributed by atoms with Crippen LogP contribution in [0.15, 0.2) is 17.6 Å². The fourth-order valence-electron chi connectivity index (χ4n) is 2.05. The largest absolute Gasteiger partial charge is 0.379 e. The third-order valence-electron chi connectivity index (χ3n) is 3.94. The van der Waals surface area contributed by atoms with Crippen LogP contribution in [0.1, 0.15) is 24.5 Å². The van der Waals surface area contributed by atoms with Gasteiger partial charge in [-0.3, -0.25) is 0 Å². The van der Waals surface area contributed by atoms with Gasteiger partial charge in [0.25, 0.3) is 0 Å². The van der Waals surface area contributed by atoms with Crippen LogP contribution < -0.4 is 5.32 Å². The summed E-state index contributed by atoms with van der Waals surface area (Å²) in [5.74, 6) is 3.35. The number of hydrogen-bond acceptors (Lipinski definition) is 4. The molecule has 0 radical (unpaired) electrons. The standard InChI is InChI=1S/C16H28N6O/c1-5-8-17-16(18-11-15-20-19-13(2)22(15)4)21(3)9-10-23-12-14-6-7-14/h5,14H,1,6-12H2,2-4H3,(H,17,18). The predicted molar refractivity (Wildman–Crippen MR) is 91.3 cm³/mol. The van der Waals surface area contributed by atoms with E-state index in [-0.39, 0.29) is 0 Å². The van der Waals surface area contributed by atoms with Crippen molar-refractivity contribution in [1.29, 1.82) is 0 Å². The average Bonchev–Trinajstić information content (AvgIpc) is 3.32. The van der Waals surface area contributed by atoms with E-state index in [1.807, 2.05) is 31.7 Å². The molecule has 1 fully saturated rings. The molecule has 0 saturated heterocycles. The highest BCUT2D eigenvalue weighted by atomic mass is 16.5. The van der Waals surface area contributed by atoms with Crippen LogP contribution in [-0.2, 0) is 18.3 Å². The van der Waals surface area contributed by atoms with Crippen molar-refractivity contribution in [2.45, 2.75) is 26.3 Å². The lowest BCUT2D eigenvalue weighted by molar-refractivity contribution is 0.115. The molecule has 0 unspecified atom stereocenters. The van der Waals surface area contributed by atoms with E-state index in [4.69, 9.17) is 4.74 Å². The minimum absolute atomic E-state index is 0.490. The maximum atomic E-state index is 5.70. The first-order valence-corrected chi connectivity index (χ1v) is 8.14. The quantitative estimate of drug-likeness (QED) is 0.319. The second-order valence-electron chi connectivity index (χ2n) is 5.97. The van der Waals surface area contributed by atoms with Crippen molar-refractivity contribution in [3.63, 3.8) is 0 Å². The molecule has 7 nitrogen and oxygen atoms in total. The first-order valence-electron chi connectivity index (χ1n) is 8.14. The number of nitrogens with one attached hydrogen (secondary N) is 1. The van der Waals surface area contributed by atoms with Gasteiger partial charge in [0.2, 0.25) is 0 Å². The first kappa shape index (κ1) is 17.5. The smallest absolute Gasteiger partial charge is 0.194 e. The average molecular weight is 320 g/mol. The Balaban J connectivity index is 1.86. The first-order chi connectivity index (χ1) is 11.1. The van der Waals surface area contributed by atoms with Crippen LogP contribution in [0.2, 0.25) is 0 Å². The minimum Gasteiger partial charge on any atom is -0.379 e. The molecule has 0 atom stereocenters. The number of aryl methyl sites for hydroxylation is 1. The van der Waals surface area contributed by atoms with Crippen molar-refractivity contribution in [2.24, 2.45) is 18.0 Å². The Morgan fingerprint density at radius 3 is 2.91 bits per heavy atom. The van der Waals surface area contributed by atoms with Crippen molar-refractivity contribution in [3.8, 4) is 0 Å². The lowest BCUT2D eigenvalue weighted by Gasteiger charge is -2.22. The number of nitrogens with zero attached hydrogens (tertiary/aromatic N) is 5. The molecule has 0 aromatic carbocycles. The van der Waals surface area contributed by atoms with Gasteiger partial charge in [0.1, 0.15) is 12.4 Å². The summed E-state index contributed by atoms with van der Waals surface area (Å²) in [5, 5.41) is 11.5. The summed E-state index contributed by atoms with van der Waals surface area (Å²) in [5.41, 5.74) is 0. The summed E-state index contributed by atoms with van der Waals surface area (Å²) in [6, 6.07) is 0. The van der Waals surface area contributed by atoms with E-state index < -0.39 is 0 Å². The number of rotatable bonds is 9. The van der Waals surface area contributed by atoms with Gasteiger partial charge in [-0.2, -0.15) is 0 Å². The van der Waals surface area contributed by atoms with Gasteiger partial charge in [-0.1, -0.05) is 6.08 Å².